The van der Waals surface area contributed by atoms with Crippen LogP contribution in [0, 0.1) is 0 Å². The van der Waals surface area contributed by atoms with Crippen molar-refractivity contribution in [1.29, 1.82) is 0 Å². The number of hydrogen-bond acceptors (Lipinski definition) is 3. The molecular weight excluding hydrogens is 362 g/mol. The summed E-state index contributed by atoms with van der Waals surface area (Å²) in [5.41, 5.74) is 1.55. The molecular formula is C21H22ClN3O2. The normalized spacial score (nSPS) is 11.5. The van der Waals surface area contributed by atoms with Crippen molar-refractivity contribution in [3.05, 3.63) is 59.1 Å². The second kappa shape index (κ2) is 8.82. The van der Waals surface area contributed by atoms with E-state index in [4.69, 9.17) is 11.6 Å². The van der Waals surface area contributed by atoms with Crippen molar-refractivity contribution in [1.82, 2.24) is 4.57 Å². The molecule has 3 aromatic rings. The quantitative estimate of drug-likeness (QED) is 0.373. The lowest BCUT2D eigenvalue weighted by atomic mass is 10.2. The fourth-order valence-electron chi connectivity index (χ4n) is 3.05. The van der Waals surface area contributed by atoms with Crippen molar-refractivity contribution in [2.45, 2.75) is 39.2 Å². The van der Waals surface area contributed by atoms with Gasteiger partial charge in [0, 0.05) is 22.5 Å². The van der Waals surface area contributed by atoms with Crippen LogP contribution in [0.4, 0.5) is 5.69 Å². The van der Waals surface area contributed by atoms with Crippen LogP contribution in [-0.4, -0.2) is 15.6 Å². The first-order chi connectivity index (χ1) is 13.1. The van der Waals surface area contributed by atoms with Crippen LogP contribution in [0.25, 0.3) is 10.9 Å². The molecule has 0 saturated carbocycles. The maximum atomic E-state index is 12.2. The van der Waals surface area contributed by atoms with Gasteiger partial charge in [-0.3, -0.25) is 4.79 Å². The third-order valence-corrected chi connectivity index (χ3v) is 4.70. The number of carbonyl (C=O) groups excluding carboxylic acids is 1. The van der Waals surface area contributed by atoms with Gasteiger partial charge < -0.3 is 9.67 Å². The van der Waals surface area contributed by atoms with E-state index in [1.165, 1.54) is 0 Å². The molecule has 0 atom stereocenters. The average Bonchev–Trinajstić information content (AvgIpc) is 2.94. The standard InChI is InChI=1S/C21H22ClN3O2/c1-2-3-4-8-13-25-18-12-11-16(22)14-17(18)19(21(25)27)23-24-20(26)15-9-6-5-7-10-15/h5-7,9-12,14,27H,2-4,8,13H2,1H3. The first kappa shape index (κ1) is 19.1. The fraction of sp³-hybridized carbons (Fsp3) is 0.286. The summed E-state index contributed by atoms with van der Waals surface area (Å²) in [6.45, 7) is 2.83. The topological polar surface area (TPSA) is 66.9 Å². The number of rotatable bonds is 7. The van der Waals surface area contributed by atoms with Crippen LogP contribution < -0.4 is 0 Å². The molecule has 0 radical (unpaired) electrons. The Bertz CT molecular complexity index is 964. The highest BCUT2D eigenvalue weighted by atomic mass is 35.5. The van der Waals surface area contributed by atoms with E-state index in [-0.39, 0.29) is 11.6 Å². The van der Waals surface area contributed by atoms with Crippen LogP contribution in [0.1, 0.15) is 43.0 Å². The number of aryl methyl sites for hydroxylation is 1. The molecule has 0 aliphatic heterocycles. The fourth-order valence-corrected chi connectivity index (χ4v) is 3.22. The summed E-state index contributed by atoms with van der Waals surface area (Å²) in [4.78, 5) is 12.2. The smallest absolute Gasteiger partial charge is 0.295 e. The summed E-state index contributed by atoms with van der Waals surface area (Å²) >= 11 is 6.13. The molecule has 6 heteroatoms. The van der Waals surface area contributed by atoms with Crippen molar-refractivity contribution in [2.75, 3.05) is 0 Å². The number of fused-ring (bicyclic) bond motifs is 1. The van der Waals surface area contributed by atoms with Crippen LogP contribution in [0.3, 0.4) is 0 Å². The number of hydrogen-bond donors (Lipinski definition) is 1. The van der Waals surface area contributed by atoms with Crippen LogP contribution in [-0.2, 0) is 6.54 Å². The lowest BCUT2D eigenvalue weighted by Gasteiger charge is -2.06. The zero-order valence-electron chi connectivity index (χ0n) is 15.2. The summed E-state index contributed by atoms with van der Waals surface area (Å²) in [6.07, 6.45) is 4.35. The molecule has 0 fully saturated rings. The van der Waals surface area contributed by atoms with E-state index in [9.17, 15) is 9.90 Å². The summed E-state index contributed by atoms with van der Waals surface area (Å²) in [6, 6.07) is 14.1. The van der Waals surface area contributed by atoms with Crippen LogP contribution in [0.2, 0.25) is 5.02 Å². The van der Waals surface area contributed by atoms with Gasteiger partial charge >= 0.3 is 0 Å². The predicted molar refractivity (Wildman–Crippen MR) is 108 cm³/mol. The Hall–Kier alpha value is -2.66. The zero-order valence-corrected chi connectivity index (χ0v) is 16.0. The third kappa shape index (κ3) is 4.37. The number of nitrogens with zero attached hydrogens (tertiary/aromatic N) is 3. The largest absolute Gasteiger partial charge is 0.493 e. The van der Waals surface area contributed by atoms with Crippen molar-refractivity contribution in [3.63, 3.8) is 0 Å². The first-order valence-electron chi connectivity index (χ1n) is 9.13. The second-order valence-corrected chi connectivity index (χ2v) is 6.85. The van der Waals surface area contributed by atoms with Crippen LogP contribution >= 0.6 is 11.6 Å². The Balaban J connectivity index is 1.94. The number of carbonyl (C=O) groups is 1. The van der Waals surface area contributed by atoms with E-state index in [1.54, 1.807) is 36.4 Å². The highest BCUT2D eigenvalue weighted by Gasteiger charge is 2.17. The van der Waals surface area contributed by atoms with Crippen LogP contribution in [0.15, 0.2) is 58.8 Å². The molecule has 0 spiro atoms. The average molecular weight is 384 g/mol. The number of aromatic nitrogens is 1. The summed E-state index contributed by atoms with van der Waals surface area (Å²) in [5, 5.41) is 19.8. The van der Waals surface area contributed by atoms with Crippen molar-refractivity contribution < 1.29 is 9.90 Å². The molecule has 5 nitrogen and oxygen atoms in total. The van der Waals surface area contributed by atoms with Crippen molar-refractivity contribution >= 4 is 34.1 Å². The molecule has 0 aliphatic carbocycles. The molecule has 1 aromatic heterocycles. The van der Waals surface area contributed by atoms with Crippen molar-refractivity contribution in [3.8, 4) is 5.88 Å². The van der Waals surface area contributed by atoms with Gasteiger partial charge in [0.05, 0.1) is 5.52 Å². The van der Waals surface area contributed by atoms with Gasteiger partial charge in [0.25, 0.3) is 5.91 Å². The molecule has 3 rings (SSSR count). The minimum atomic E-state index is -0.458. The van der Waals surface area contributed by atoms with Gasteiger partial charge in [-0.1, -0.05) is 56.0 Å². The molecule has 0 saturated heterocycles. The van der Waals surface area contributed by atoms with E-state index >= 15 is 0 Å². The van der Waals surface area contributed by atoms with E-state index in [1.807, 2.05) is 16.7 Å². The number of amides is 1. The Morgan fingerprint density at radius 1 is 1.11 bits per heavy atom. The number of unbranched alkanes of at least 4 members (excludes halogenated alkanes) is 3. The third-order valence-electron chi connectivity index (χ3n) is 4.47. The summed E-state index contributed by atoms with van der Waals surface area (Å²) < 4.78 is 1.81. The Morgan fingerprint density at radius 2 is 1.89 bits per heavy atom. The number of azo groups is 1. The van der Waals surface area contributed by atoms with Crippen molar-refractivity contribution in [2.24, 2.45) is 10.2 Å². The number of aromatic hydroxyl groups is 1. The highest BCUT2D eigenvalue weighted by Crippen LogP contribution is 2.40. The van der Waals surface area contributed by atoms with Gasteiger partial charge in [-0.2, -0.15) is 0 Å². The van der Waals surface area contributed by atoms with Gasteiger partial charge in [-0.25, -0.2) is 0 Å². The van der Waals surface area contributed by atoms with Gasteiger partial charge in [0.2, 0.25) is 5.88 Å². The molecule has 27 heavy (non-hydrogen) atoms. The molecule has 1 heterocycles. The first-order valence-corrected chi connectivity index (χ1v) is 9.51. The number of halogens is 1. The number of benzene rings is 2. The molecule has 140 valence electrons. The minimum absolute atomic E-state index is 0.00776. The summed E-state index contributed by atoms with van der Waals surface area (Å²) in [5.74, 6) is -0.450. The second-order valence-electron chi connectivity index (χ2n) is 6.42. The molecule has 1 N–H and O–H groups in total. The van der Waals surface area contributed by atoms with E-state index in [0.29, 0.717) is 22.5 Å². The summed E-state index contributed by atoms with van der Waals surface area (Å²) in [7, 11) is 0. The van der Waals surface area contributed by atoms with Gasteiger partial charge in [0.1, 0.15) is 0 Å². The van der Waals surface area contributed by atoms with Gasteiger partial charge in [-0.05, 0) is 36.8 Å². The SMILES string of the molecule is CCCCCCn1c(O)c(N=NC(=O)c2ccccc2)c2cc(Cl)ccc21. The lowest BCUT2D eigenvalue weighted by Crippen LogP contribution is -1.97. The minimum Gasteiger partial charge on any atom is -0.493 e. The Labute approximate surface area is 163 Å². The van der Waals surface area contributed by atoms with Gasteiger partial charge in [0.15, 0.2) is 5.69 Å². The zero-order chi connectivity index (χ0) is 19.2. The molecule has 2 aromatic carbocycles. The molecule has 1 amide bonds. The van der Waals surface area contributed by atoms with E-state index in [0.717, 1.165) is 31.2 Å². The van der Waals surface area contributed by atoms with E-state index < -0.39 is 5.91 Å². The monoisotopic (exact) mass is 383 g/mol. The predicted octanol–water partition coefficient (Wildman–Crippen LogP) is 6.50. The van der Waals surface area contributed by atoms with Crippen LogP contribution in [0.5, 0.6) is 5.88 Å². The Morgan fingerprint density at radius 3 is 2.63 bits per heavy atom. The van der Waals surface area contributed by atoms with E-state index in [2.05, 4.69) is 17.2 Å². The van der Waals surface area contributed by atoms with Gasteiger partial charge in [-0.15, -0.1) is 10.2 Å². The maximum absolute atomic E-state index is 12.2. The maximum Gasteiger partial charge on any atom is 0.295 e. The molecule has 0 bridgehead atoms. The lowest BCUT2D eigenvalue weighted by molar-refractivity contribution is 0.0995. The highest BCUT2D eigenvalue weighted by molar-refractivity contribution is 6.31. The Kier molecular flexibility index (Phi) is 6.24. The molecule has 0 aliphatic rings. The molecule has 0 unspecified atom stereocenters.